The summed E-state index contributed by atoms with van der Waals surface area (Å²) in [5.74, 6) is 31.0. The molecular formula is C48H42O10. The van der Waals surface area contributed by atoms with Crippen molar-refractivity contribution in [3.05, 3.63) is 117 Å². The van der Waals surface area contributed by atoms with E-state index in [2.05, 4.69) is 47.4 Å². The second-order valence-electron chi connectivity index (χ2n) is 11.9. The lowest BCUT2D eigenvalue weighted by Gasteiger charge is -2.11. The van der Waals surface area contributed by atoms with Gasteiger partial charge in [-0.15, -0.1) is 0 Å². The first-order valence-corrected chi connectivity index (χ1v) is 17.6. The van der Waals surface area contributed by atoms with E-state index in [0.29, 0.717) is 102 Å². The number of benzene rings is 5. The average molecular weight is 779 g/mol. The Morgan fingerprint density at radius 1 is 0.224 bits per heavy atom. The Labute approximate surface area is 339 Å². The molecule has 10 heteroatoms. The fourth-order valence-corrected chi connectivity index (χ4v) is 5.64. The third kappa shape index (κ3) is 9.58. The highest BCUT2D eigenvalue weighted by Gasteiger charge is 2.14. The van der Waals surface area contributed by atoms with Gasteiger partial charge in [0.05, 0.1) is 116 Å². The van der Waals surface area contributed by atoms with Crippen LogP contribution in [0.4, 0.5) is 0 Å². The molecule has 0 aliphatic carbocycles. The van der Waals surface area contributed by atoms with E-state index in [-0.39, 0.29) is 0 Å². The number of ether oxygens (including phenoxy) is 10. The molecule has 294 valence electrons. The highest BCUT2D eigenvalue weighted by molar-refractivity contribution is 5.66. The summed E-state index contributed by atoms with van der Waals surface area (Å²) in [6, 6.07) is 21.5. The van der Waals surface area contributed by atoms with E-state index in [1.165, 1.54) is 0 Å². The predicted octanol–water partition coefficient (Wildman–Crippen LogP) is 7.37. The Kier molecular flexibility index (Phi) is 14.2. The number of hydrogen-bond donors (Lipinski definition) is 0. The molecule has 0 heterocycles. The van der Waals surface area contributed by atoms with Gasteiger partial charge in [0.1, 0.15) is 57.5 Å². The Balaban J connectivity index is 1.49. The molecule has 0 saturated heterocycles. The van der Waals surface area contributed by atoms with Crippen LogP contribution in [0, 0.1) is 47.4 Å². The summed E-state index contributed by atoms with van der Waals surface area (Å²) in [5, 5.41) is 0. The molecule has 0 radical (unpaired) electrons. The molecule has 5 rings (SSSR count). The van der Waals surface area contributed by atoms with Crippen molar-refractivity contribution in [3.63, 3.8) is 0 Å². The van der Waals surface area contributed by atoms with Gasteiger partial charge in [-0.3, -0.25) is 0 Å². The van der Waals surface area contributed by atoms with Crippen LogP contribution in [0.5, 0.6) is 57.5 Å². The maximum atomic E-state index is 5.75. The van der Waals surface area contributed by atoms with Gasteiger partial charge < -0.3 is 47.4 Å². The highest BCUT2D eigenvalue weighted by atomic mass is 16.5. The van der Waals surface area contributed by atoms with E-state index in [1.54, 1.807) is 132 Å². The maximum absolute atomic E-state index is 5.75. The van der Waals surface area contributed by atoms with Crippen LogP contribution < -0.4 is 47.4 Å². The SMILES string of the molecule is COc1ccc(OC)c(C#Cc2cc(OC)c(C#Cc3cc(OC)c(C#Cc4cc(OC)c(C#Cc5cc(OC)ccc5OC)cc4OC)cc3OC)cc2OC)c1. The molecule has 0 aliphatic heterocycles. The molecule has 10 nitrogen and oxygen atoms in total. The minimum Gasteiger partial charge on any atom is -0.497 e. The molecule has 0 spiro atoms. The summed E-state index contributed by atoms with van der Waals surface area (Å²) < 4.78 is 56.0. The molecule has 0 bridgehead atoms. The third-order valence-corrected chi connectivity index (χ3v) is 8.71. The van der Waals surface area contributed by atoms with E-state index in [0.717, 1.165) is 0 Å². The van der Waals surface area contributed by atoms with Crippen molar-refractivity contribution in [2.75, 3.05) is 71.1 Å². The molecular weight excluding hydrogens is 737 g/mol. The summed E-state index contributed by atoms with van der Waals surface area (Å²) in [5.41, 5.74) is 4.79. The van der Waals surface area contributed by atoms with Crippen LogP contribution in [-0.4, -0.2) is 71.1 Å². The van der Waals surface area contributed by atoms with Crippen LogP contribution in [0.3, 0.4) is 0 Å². The Bertz CT molecular complexity index is 2380. The van der Waals surface area contributed by atoms with Gasteiger partial charge in [-0.25, -0.2) is 0 Å². The number of hydrogen-bond acceptors (Lipinski definition) is 10. The van der Waals surface area contributed by atoms with E-state index in [1.807, 2.05) is 12.1 Å². The molecule has 0 aromatic heterocycles. The zero-order chi connectivity index (χ0) is 41.6. The van der Waals surface area contributed by atoms with Gasteiger partial charge in [0, 0.05) is 36.4 Å². The van der Waals surface area contributed by atoms with Crippen LogP contribution in [0.1, 0.15) is 44.5 Å². The highest BCUT2D eigenvalue weighted by Crippen LogP contribution is 2.33. The lowest BCUT2D eigenvalue weighted by molar-refractivity contribution is 0.400. The number of rotatable bonds is 10. The van der Waals surface area contributed by atoms with Crippen molar-refractivity contribution in [1.82, 2.24) is 0 Å². The summed E-state index contributed by atoms with van der Waals surface area (Å²) in [7, 11) is 15.8. The topological polar surface area (TPSA) is 92.3 Å². The van der Waals surface area contributed by atoms with E-state index in [4.69, 9.17) is 47.4 Å². The first-order chi connectivity index (χ1) is 28.3. The monoisotopic (exact) mass is 778 g/mol. The third-order valence-electron chi connectivity index (χ3n) is 8.71. The van der Waals surface area contributed by atoms with Gasteiger partial charge in [-0.2, -0.15) is 0 Å². The first kappa shape index (κ1) is 41.5. The van der Waals surface area contributed by atoms with Crippen LogP contribution in [-0.2, 0) is 0 Å². The molecule has 0 amide bonds. The van der Waals surface area contributed by atoms with Gasteiger partial charge in [0.15, 0.2) is 0 Å². The Hall–Kier alpha value is -7.66. The smallest absolute Gasteiger partial charge is 0.136 e. The summed E-state index contributed by atoms with van der Waals surface area (Å²) >= 11 is 0. The van der Waals surface area contributed by atoms with Crippen molar-refractivity contribution in [3.8, 4) is 105 Å². The van der Waals surface area contributed by atoms with Crippen LogP contribution in [0.15, 0.2) is 72.8 Å². The predicted molar refractivity (Wildman–Crippen MR) is 222 cm³/mol. The average Bonchev–Trinajstić information content (AvgIpc) is 3.27. The molecule has 5 aromatic carbocycles. The minimum absolute atomic E-state index is 0.487. The van der Waals surface area contributed by atoms with Gasteiger partial charge in [0.2, 0.25) is 0 Å². The zero-order valence-corrected chi connectivity index (χ0v) is 34.0. The summed E-state index contributed by atoms with van der Waals surface area (Å²) in [6.45, 7) is 0. The molecule has 0 saturated carbocycles. The lowest BCUT2D eigenvalue weighted by Crippen LogP contribution is -1.96. The molecule has 0 fully saturated rings. The van der Waals surface area contributed by atoms with Crippen molar-refractivity contribution >= 4 is 0 Å². The minimum atomic E-state index is 0.487. The van der Waals surface area contributed by atoms with Crippen molar-refractivity contribution in [2.24, 2.45) is 0 Å². The zero-order valence-electron chi connectivity index (χ0n) is 34.0. The molecule has 58 heavy (non-hydrogen) atoms. The Morgan fingerprint density at radius 2 is 0.414 bits per heavy atom. The molecule has 5 aromatic rings. The second kappa shape index (κ2) is 19.8. The van der Waals surface area contributed by atoms with Crippen LogP contribution in [0.2, 0.25) is 0 Å². The van der Waals surface area contributed by atoms with Crippen LogP contribution in [0.25, 0.3) is 0 Å². The fraction of sp³-hybridized carbons (Fsp3) is 0.208. The quantitative estimate of drug-likeness (QED) is 0.134. The maximum Gasteiger partial charge on any atom is 0.136 e. The molecule has 0 atom stereocenters. The van der Waals surface area contributed by atoms with Gasteiger partial charge in [-0.05, 0) is 36.4 Å². The Morgan fingerprint density at radius 3 is 0.586 bits per heavy atom. The first-order valence-electron chi connectivity index (χ1n) is 17.6. The largest absolute Gasteiger partial charge is 0.497 e. The van der Waals surface area contributed by atoms with Crippen molar-refractivity contribution in [2.45, 2.75) is 0 Å². The van der Waals surface area contributed by atoms with E-state index >= 15 is 0 Å². The fourth-order valence-electron chi connectivity index (χ4n) is 5.64. The van der Waals surface area contributed by atoms with Crippen molar-refractivity contribution < 1.29 is 47.4 Å². The van der Waals surface area contributed by atoms with Gasteiger partial charge in [-0.1, -0.05) is 47.4 Å². The second-order valence-corrected chi connectivity index (χ2v) is 11.9. The van der Waals surface area contributed by atoms with Gasteiger partial charge in [0.25, 0.3) is 0 Å². The summed E-state index contributed by atoms with van der Waals surface area (Å²) in [6.07, 6.45) is 0. The van der Waals surface area contributed by atoms with Crippen molar-refractivity contribution in [1.29, 1.82) is 0 Å². The molecule has 0 aliphatic rings. The van der Waals surface area contributed by atoms with Gasteiger partial charge >= 0.3 is 0 Å². The summed E-state index contributed by atoms with van der Waals surface area (Å²) in [4.78, 5) is 0. The van der Waals surface area contributed by atoms with Crippen LogP contribution >= 0.6 is 0 Å². The normalized spacial score (nSPS) is 9.69. The lowest BCUT2D eigenvalue weighted by atomic mass is 10.0. The molecule has 0 N–H and O–H groups in total. The molecule has 0 unspecified atom stereocenters. The number of methoxy groups -OCH3 is 10. The standard InChI is InChI=1S/C48H42O10/c1-49-39-19-21-41(51-3)31(23-39)11-13-33-25-45(55-7)35(27-43(33)53-5)15-17-37-29-48(58-10)38(30-47(37)57-9)18-16-36-28-44(54-6)34(26-46(36)56-8)14-12-32-24-40(50-2)20-22-42(32)52-4/h19-30H,1-10H3. The van der Waals surface area contributed by atoms with E-state index < -0.39 is 0 Å². The van der Waals surface area contributed by atoms with E-state index in [9.17, 15) is 0 Å².